The molecule has 0 spiro atoms. The second-order valence-corrected chi connectivity index (χ2v) is 2.60. The van der Waals surface area contributed by atoms with Gasteiger partial charge in [-0.1, -0.05) is 5.92 Å². The molecule has 0 atom stereocenters. The van der Waals surface area contributed by atoms with Crippen molar-refractivity contribution in [1.29, 1.82) is 0 Å². The molecule has 0 aromatic carbocycles. The lowest BCUT2D eigenvalue weighted by Crippen LogP contribution is -2.19. The number of imidazole rings is 1. The van der Waals surface area contributed by atoms with Crippen LogP contribution in [0.1, 0.15) is 12.6 Å². The van der Waals surface area contributed by atoms with Crippen LogP contribution in [0.15, 0.2) is 12.5 Å². The molecule has 0 saturated carbocycles. The maximum absolute atomic E-state index is 10.5. The van der Waals surface area contributed by atoms with Crippen molar-refractivity contribution in [3.8, 4) is 11.8 Å². The minimum absolute atomic E-state index is 0.0701. The zero-order valence-corrected chi connectivity index (χ0v) is 7.66. The number of rotatable bonds is 1. The fraction of sp³-hybridized carbons (Fsp3) is 0.333. The zero-order chi connectivity index (χ0) is 9.68. The Kier molecular flexibility index (Phi) is 3.09. The van der Waals surface area contributed by atoms with Crippen LogP contribution in [0, 0.1) is 11.8 Å². The van der Waals surface area contributed by atoms with E-state index in [1.54, 1.807) is 12.5 Å². The SMILES string of the molecule is CC(=O)NCC#Cc1cncn1C. The van der Waals surface area contributed by atoms with E-state index in [2.05, 4.69) is 22.1 Å². The molecule has 0 aliphatic rings. The van der Waals surface area contributed by atoms with Gasteiger partial charge in [-0.2, -0.15) is 0 Å². The van der Waals surface area contributed by atoms with Crippen LogP contribution in [-0.4, -0.2) is 22.0 Å². The number of nitrogens with zero attached hydrogens (tertiary/aromatic N) is 2. The summed E-state index contributed by atoms with van der Waals surface area (Å²) in [6.07, 6.45) is 3.36. The highest BCUT2D eigenvalue weighted by Crippen LogP contribution is 1.91. The van der Waals surface area contributed by atoms with Crippen molar-refractivity contribution in [2.45, 2.75) is 6.92 Å². The molecule has 0 aliphatic carbocycles. The van der Waals surface area contributed by atoms with Crippen LogP contribution in [-0.2, 0) is 11.8 Å². The molecule has 0 fully saturated rings. The molecule has 0 radical (unpaired) electrons. The molecule has 1 amide bonds. The van der Waals surface area contributed by atoms with E-state index >= 15 is 0 Å². The van der Waals surface area contributed by atoms with Crippen molar-refractivity contribution in [3.05, 3.63) is 18.2 Å². The van der Waals surface area contributed by atoms with Gasteiger partial charge < -0.3 is 9.88 Å². The third-order valence-corrected chi connectivity index (χ3v) is 1.46. The van der Waals surface area contributed by atoms with Gasteiger partial charge in [0.1, 0.15) is 5.69 Å². The molecule has 0 aliphatic heterocycles. The Bertz CT molecular complexity index is 356. The first-order valence-corrected chi connectivity index (χ1v) is 3.90. The summed E-state index contributed by atoms with van der Waals surface area (Å²) < 4.78 is 1.82. The van der Waals surface area contributed by atoms with Gasteiger partial charge in [-0.15, -0.1) is 0 Å². The second-order valence-electron chi connectivity index (χ2n) is 2.60. The number of hydrogen-bond donors (Lipinski definition) is 1. The smallest absolute Gasteiger partial charge is 0.217 e. The number of carbonyl (C=O) groups excluding carboxylic acids is 1. The summed E-state index contributed by atoms with van der Waals surface area (Å²) in [4.78, 5) is 14.4. The number of carbonyl (C=O) groups is 1. The molecule has 0 bridgehead atoms. The van der Waals surface area contributed by atoms with Gasteiger partial charge in [-0.05, 0) is 5.92 Å². The topological polar surface area (TPSA) is 46.9 Å². The summed E-state index contributed by atoms with van der Waals surface area (Å²) in [5.74, 6) is 5.63. The third kappa shape index (κ3) is 2.99. The summed E-state index contributed by atoms with van der Waals surface area (Å²) >= 11 is 0. The summed E-state index contributed by atoms with van der Waals surface area (Å²) in [6, 6.07) is 0. The first-order chi connectivity index (χ1) is 6.20. The standard InChI is InChI=1S/C9H11N3O/c1-8(13)11-5-3-4-9-6-10-7-12(9)2/h6-7H,5H2,1-2H3,(H,11,13). The first-order valence-electron chi connectivity index (χ1n) is 3.90. The van der Waals surface area contributed by atoms with Gasteiger partial charge in [0.15, 0.2) is 0 Å². The van der Waals surface area contributed by atoms with Gasteiger partial charge in [-0.3, -0.25) is 4.79 Å². The summed E-state index contributed by atoms with van der Waals surface area (Å²) in [6.45, 7) is 1.84. The fourth-order valence-corrected chi connectivity index (χ4v) is 0.781. The van der Waals surface area contributed by atoms with Gasteiger partial charge in [0.05, 0.1) is 19.1 Å². The van der Waals surface area contributed by atoms with E-state index in [0.29, 0.717) is 6.54 Å². The van der Waals surface area contributed by atoms with Crippen molar-refractivity contribution >= 4 is 5.91 Å². The molecule has 1 aromatic rings. The number of aromatic nitrogens is 2. The highest BCUT2D eigenvalue weighted by Gasteiger charge is 1.90. The van der Waals surface area contributed by atoms with Crippen molar-refractivity contribution in [1.82, 2.24) is 14.9 Å². The molecule has 4 nitrogen and oxygen atoms in total. The van der Waals surface area contributed by atoms with Gasteiger partial charge in [0, 0.05) is 14.0 Å². The van der Waals surface area contributed by atoms with E-state index in [1.807, 2.05) is 11.6 Å². The average molecular weight is 177 g/mol. The molecular weight excluding hydrogens is 166 g/mol. The second kappa shape index (κ2) is 4.31. The largest absolute Gasteiger partial charge is 0.345 e. The van der Waals surface area contributed by atoms with E-state index in [4.69, 9.17) is 0 Å². The Labute approximate surface area is 77.0 Å². The van der Waals surface area contributed by atoms with Crippen molar-refractivity contribution in [2.75, 3.05) is 6.54 Å². The van der Waals surface area contributed by atoms with Gasteiger partial charge >= 0.3 is 0 Å². The van der Waals surface area contributed by atoms with Crippen LogP contribution in [0.25, 0.3) is 0 Å². The molecule has 0 saturated heterocycles. The van der Waals surface area contributed by atoms with Crippen LogP contribution >= 0.6 is 0 Å². The number of hydrogen-bond acceptors (Lipinski definition) is 2. The minimum atomic E-state index is -0.0701. The molecule has 1 heterocycles. The molecule has 0 unspecified atom stereocenters. The Morgan fingerprint density at radius 1 is 1.77 bits per heavy atom. The maximum Gasteiger partial charge on any atom is 0.217 e. The summed E-state index contributed by atoms with van der Waals surface area (Å²) in [5, 5.41) is 2.59. The number of aryl methyl sites for hydroxylation is 1. The monoisotopic (exact) mass is 177 g/mol. The Morgan fingerprint density at radius 3 is 3.08 bits per heavy atom. The predicted molar refractivity (Wildman–Crippen MR) is 48.8 cm³/mol. The normalized spacial score (nSPS) is 8.77. The zero-order valence-electron chi connectivity index (χ0n) is 7.66. The molecule has 68 valence electrons. The molecule has 1 N–H and O–H groups in total. The lowest BCUT2D eigenvalue weighted by molar-refractivity contribution is -0.118. The van der Waals surface area contributed by atoms with Crippen LogP contribution in [0.5, 0.6) is 0 Å². The van der Waals surface area contributed by atoms with E-state index in [1.165, 1.54) is 6.92 Å². The molecule has 1 rings (SSSR count). The number of amides is 1. The van der Waals surface area contributed by atoms with E-state index in [-0.39, 0.29) is 5.91 Å². The van der Waals surface area contributed by atoms with Crippen molar-refractivity contribution in [2.24, 2.45) is 7.05 Å². The lowest BCUT2D eigenvalue weighted by atomic mass is 10.4. The Balaban J connectivity index is 2.49. The predicted octanol–water partition coefficient (Wildman–Crippen LogP) is -0.0923. The first kappa shape index (κ1) is 9.33. The van der Waals surface area contributed by atoms with Gasteiger partial charge in [0.2, 0.25) is 5.91 Å². The van der Waals surface area contributed by atoms with E-state index in [9.17, 15) is 4.79 Å². The van der Waals surface area contributed by atoms with Crippen molar-refractivity contribution in [3.63, 3.8) is 0 Å². The summed E-state index contributed by atoms with van der Waals surface area (Å²) in [7, 11) is 1.87. The van der Waals surface area contributed by atoms with E-state index in [0.717, 1.165) is 5.69 Å². The van der Waals surface area contributed by atoms with Gasteiger partial charge in [0.25, 0.3) is 0 Å². The summed E-state index contributed by atoms with van der Waals surface area (Å²) in [5.41, 5.74) is 0.838. The van der Waals surface area contributed by atoms with Crippen molar-refractivity contribution < 1.29 is 4.79 Å². The van der Waals surface area contributed by atoms with E-state index < -0.39 is 0 Å². The molecular formula is C9H11N3O. The Hall–Kier alpha value is -1.76. The average Bonchev–Trinajstić information content (AvgIpc) is 2.45. The lowest BCUT2D eigenvalue weighted by Gasteiger charge is -1.92. The van der Waals surface area contributed by atoms with Crippen LogP contribution < -0.4 is 5.32 Å². The maximum atomic E-state index is 10.5. The highest BCUT2D eigenvalue weighted by atomic mass is 16.1. The quantitative estimate of drug-likeness (QED) is 0.609. The molecule has 13 heavy (non-hydrogen) atoms. The number of nitrogens with one attached hydrogen (secondary N) is 1. The minimum Gasteiger partial charge on any atom is -0.345 e. The molecule has 4 heteroatoms. The van der Waals surface area contributed by atoms with Gasteiger partial charge in [-0.25, -0.2) is 4.98 Å². The van der Waals surface area contributed by atoms with Crippen LogP contribution in [0.3, 0.4) is 0 Å². The van der Waals surface area contributed by atoms with Crippen LogP contribution in [0.2, 0.25) is 0 Å². The van der Waals surface area contributed by atoms with Crippen LogP contribution in [0.4, 0.5) is 0 Å². The Morgan fingerprint density at radius 2 is 2.54 bits per heavy atom. The molecule has 1 aromatic heterocycles. The fourth-order valence-electron chi connectivity index (χ4n) is 0.781. The highest BCUT2D eigenvalue weighted by molar-refractivity contribution is 5.73. The third-order valence-electron chi connectivity index (χ3n) is 1.46.